The van der Waals surface area contributed by atoms with E-state index in [0.29, 0.717) is 19.5 Å². The second kappa shape index (κ2) is 9.74. The second-order valence-corrected chi connectivity index (χ2v) is 6.55. The van der Waals surface area contributed by atoms with Gasteiger partial charge < -0.3 is 4.90 Å². The Hall–Kier alpha value is -1.21. The SMILES string of the molecule is CCCCCCC(P=O)(C(=O)N(CC)CC)c1ccccc1. The van der Waals surface area contributed by atoms with E-state index in [1.165, 1.54) is 0 Å². The fourth-order valence-corrected chi connectivity index (χ4v) is 3.53. The molecule has 3 nitrogen and oxygen atoms in total. The Morgan fingerprint density at radius 1 is 1.05 bits per heavy atom. The van der Waals surface area contributed by atoms with Crippen molar-refractivity contribution in [3.8, 4) is 0 Å². The second-order valence-electron chi connectivity index (χ2n) is 5.61. The molecule has 1 rings (SSSR count). The minimum Gasteiger partial charge on any atom is -0.342 e. The van der Waals surface area contributed by atoms with E-state index in [-0.39, 0.29) is 14.4 Å². The summed E-state index contributed by atoms with van der Waals surface area (Å²) in [7, 11) is -0.0995. The third kappa shape index (κ3) is 4.39. The lowest BCUT2D eigenvalue weighted by Gasteiger charge is -2.32. The molecule has 1 unspecified atom stereocenters. The van der Waals surface area contributed by atoms with Gasteiger partial charge in [0, 0.05) is 13.1 Å². The maximum Gasteiger partial charge on any atom is 0.244 e. The van der Waals surface area contributed by atoms with E-state index in [9.17, 15) is 9.36 Å². The summed E-state index contributed by atoms with van der Waals surface area (Å²) >= 11 is 0. The molecular formula is C18H28NO2P. The van der Waals surface area contributed by atoms with E-state index in [4.69, 9.17) is 0 Å². The van der Waals surface area contributed by atoms with Crippen molar-refractivity contribution < 1.29 is 9.36 Å². The lowest BCUT2D eigenvalue weighted by atomic mass is 9.90. The Labute approximate surface area is 136 Å². The highest BCUT2D eigenvalue weighted by atomic mass is 31.1. The summed E-state index contributed by atoms with van der Waals surface area (Å²) in [6.07, 6.45) is 4.94. The fraction of sp³-hybridized carbons (Fsp3) is 0.611. The molecule has 0 radical (unpaired) electrons. The molecule has 0 N–H and O–H groups in total. The quantitative estimate of drug-likeness (QED) is 0.448. The van der Waals surface area contributed by atoms with Crippen molar-refractivity contribution in [1.82, 2.24) is 4.90 Å². The normalized spacial score (nSPS) is 13.8. The Balaban J connectivity index is 3.11. The predicted octanol–water partition coefficient (Wildman–Crippen LogP) is 5.01. The summed E-state index contributed by atoms with van der Waals surface area (Å²) < 4.78 is 12.1. The first-order valence-electron chi connectivity index (χ1n) is 8.35. The highest BCUT2D eigenvalue weighted by Crippen LogP contribution is 2.42. The van der Waals surface area contributed by atoms with Gasteiger partial charge in [-0.1, -0.05) is 62.9 Å². The minimum atomic E-state index is -0.930. The molecule has 122 valence electrons. The number of unbranched alkanes of at least 4 members (excludes halogenated alkanes) is 3. The van der Waals surface area contributed by atoms with Gasteiger partial charge in [0.1, 0.15) is 0 Å². The van der Waals surface area contributed by atoms with Crippen molar-refractivity contribution in [3.05, 3.63) is 35.9 Å². The number of likely N-dealkylation sites (N-methyl/N-ethyl adjacent to an activating group) is 1. The first-order valence-corrected chi connectivity index (χ1v) is 9.16. The largest absolute Gasteiger partial charge is 0.342 e. The summed E-state index contributed by atoms with van der Waals surface area (Å²) in [4.78, 5) is 14.8. The van der Waals surface area contributed by atoms with Crippen LogP contribution in [-0.2, 0) is 14.5 Å². The molecule has 1 atom stereocenters. The molecule has 0 aliphatic heterocycles. The third-order valence-electron chi connectivity index (χ3n) is 4.20. The maximum absolute atomic E-state index is 13.0. The molecule has 0 aliphatic rings. The van der Waals surface area contributed by atoms with Crippen LogP contribution in [0.25, 0.3) is 0 Å². The van der Waals surface area contributed by atoms with Crippen LogP contribution in [0, 0.1) is 0 Å². The Morgan fingerprint density at radius 3 is 2.18 bits per heavy atom. The number of amides is 1. The monoisotopic (exact) mass is 321 g/mol. The van der Waals surface area contributed by atoms with Crippen molar-refractivity contribution >= 4 is 14.4 Å². The maximum atomic E-state index is 13.0. The molecule has 0 fully saturated rings. The molecule has 0 saturated heterocycles. The van der Waals surface area contributed by atoms with Crippen molar-refractivity contribution in [3.63, 3.8) is 0 Å². The molecule has 4 heteroatoms. The van der Waals surface area contributed by atoms with Gasteiger partial charge in [-0.2, -0.15) is 0 Å². The zero-order valence-electron chi connectivity index (χ0n) is 14.0. The van der Waals surface area contributed by atoms with Crippen LogP contribution in [-0.4, -0.2) is 23.9 Å². The van der Waals surface area contributed by atoms with Crippen LogP contribution in [0.3, 0.4) is 0 Å². The number of rotatable bonds is 10. The van der Waals surface area contributed by atoms with Gasteiger partial charge in [0.25, 0.3) is 0 Å². The summed E-state index contributed by atoms with van der Waals surface area (Å²) in [5.41, 5.74) is 0.861. The summed E-state index contributed by atoms with van der Waals surface area (Å²) in [6.45, 7) is 7.39. The molecule has 22 heavy (non-hydrogen) atoms. The number of carbonyl (C=O) groups excluding carboxylic acids is 1. The van der Waals surface area contributed by atoms with E-state index in [1.807, 2.05) is 44.2 Å². The average molecular weight is 321 g/mol. The number of hydrogen-bond acceptors (Lipinski definition) is 2. The summed E-state index contributed by atoms with van der Waals surface area (Å²) in [5, 5.41) is -0.930. The zero-order valence-corrected chi connectivity index (χ0v) is 14.9. The molecule has 0 aliphatic carbocycles. The average Bonchev–Trinajstić information content (AvgIpc) is 2.57. The van der Waals surface area contributed by atoms with Crippen LogP contribution in [0.15, 0.2) is 30.3 Å². The highest BCUT2D eigenvalue weighted by molar-refractivity contribution is 7.27. The van der Waals surface area contributed by atoms with Crippen LogP contribution in [0.5, 0.6) is 0 Å². The van der Waals surface area contributed by atoms with Gasteiger partial charge in [0.2, 0.25) is 5.91 Å². The lowest BCUT2D eigenvalue weighted by Crippen LogP contribution is -2.43. The number of hydrogen-bond donors (Lipinski definition) is 0. The first kappa shape index (κ1) is 18.8. The molecule has 0 heterocycles. The molecule has 1 amide bonds. The van der Waals surface area contributed by atoms with Gasteiger partial charge in [-0.3, -0.25) is 9.36 Å². The van der Waals surface area contributed by atoms with Crippen LogP contribution >= 0.6 is 8.46 Å². The smallest absolute Gasteiger partial charge is 0.244 e. The van der Waals surface area contributed by atoms with Gasteiger partial charge in [-0.25, -0.2) is 0 Å². The van der Waals surface area contributed by atoms with Crippen molar-refractivity contribution in [2.45, 2.75) is 58.0 Å². The van der Waals surface area contributed by atoms with E-state index < -0.39 is 5.16 Å². The van der Waals surface area contributed by atoms with Crippen LogP contribution < -0.4 is 0 Å². The van der Waals surface area contributed by atoms with Crippen molar-refractivity contribution in [2.75, 3.05) is 13.1 Å². The standard InChI is InChI=1S/C18H28NO2P/c1-4-7-8-12-15-18(22-21,16-13-10-9-11-14-16)17(20)19(5-2)6-3/h9-11,13-14H,4-8,12,15H2,1-3H3. The topological polar surface area (TPSA) is 37.4 Å². The Bertz CT molecular complexity index is 459. The van der Waals surface area contributed by atoms with Gasteiger partial charge in [0.05, 0.1) is 0 Å². The van der Waals surface area contributed by atoms with Gasteiger partial charge in [-0.15, -0.1) is 0 Å². The number of nitrogens with zero attached hydrogens (tertiary/aromatic N) is 1. The van der Waals surface area contributed by atoms with Crippen molar-refractivity contribution in [2.24, 2.45) is 0 Å². The number of benzene rings is 1. The molecule has 1 aromatic carbocycles. The molecule has 0 saturated carbocycles. The van der Waals surface area contributed by atoms with E-state index >= 15 is 0 Å². The van der Waals surface area contributed by atoms with Gasteiger partial charge in [-0.05, 0) is 25.8 Å². The molecule has 0 aromatic heterocycles. The number of carbonyl (C=O) groups is 1. The fourth-order valence-electron chi connectivity index (χ4n) is 2.81. The van der Waals surface area contributed by atoms with Crippen LogP contribution in [0.1, 0.15) is 58.4 Å². The van der Waals surface area contributed by atoms with E-state index in [0.717, 1.165) is 31.2 Å². The van der Waals surface area contributed by atoms with Gasteiger partial charge in [0.15, 0.2) is 13.6 Å². The predicted molar refractivity (Wildman–Crippen MR) is 92.4 cm³/mol. The van der Waals surface area contributed by atoms with Crippen LogP contribution in [0.4, 0.5) is 0 Å². The first-order chi connectivity index (χ1) is 10.7. The van der Waals surface area contributed by atoms with Crippen molar-refractivity contribution in [1.29, 1.82) is 0 Å². The van der Waals surface area contributed by atoms with Gasteiger partial charge >= 0.3 is 0 Å². The molecule has 1 aromatic rings. The molecule has 0 bridgehead atoms. The Kier molecular flexibility index (Phi) is 8.34. The third-order valence-corrected chi connectivity index (χ3v) is 5.19. The highest BCUT2D eigenvalue weighted by Gasteiger charge is 2.43. The van der Waals surface area contributed by atoms with E-state index in [2.05, 4.69) is 6.92 Å². The summed E-state index contributed by atoms with van der Waals surface area (Å²) in [5.74, 6) is -0.0168. The lowest BCUT2D eigenvalue weighted by molar-refractivity contribution is -0.134. The minimum absolute atomic E-state index is 0.0168. The zero-order chi connectivity index (χ0) is 16.4. The molecule has 0 spiro atoms. The summed E-state index contributed by atoms with van der Waals surface area (Å²) in [6, 6.07) is 9.60. The Morgan fingerprint density at radius 2 is 1.68 bits per heavy atom. The van der Waals surface area contributed by atoms with Crippen LogP contribution in [0.2, 0.25) is 0 Å². The molecular weight excluding hydrogens is 293 g/mol. The van der Waals surface area contributed by atoms with E-state index in [1.54, 1.807) is 4.90 Å².